The molecular weight excluding hydrogens is 476 g/mol. The summed E-state index contributed by atoms with van der Waals surface area (Å²) < 4.78 is 0. The van der Waals surface area contributed by atoms with Crippen molar-refractivity contribution in [3.05, 3.63) is 108 Å². The maximum absolute atomic E-state index is 13.8. The zero-order valence-corrected chi connectivity index (χ0v) is 22.4. The highest BCUT2D eigenvalue weighted by molar-refractivity contribution is 7.98. The summed E-state index contributed by atoms with van der Waals surface area (Å²) in [5, 5.41) is 3.31. The maximum Gasteiger partial charge on any atom is 0.243 e. The van der Waals surface area contributed by atoms with Crippen LogP contribution in [0.25, 0.3) is 0 Å². The van der Waals surface area contributed by atoms with Gasteiger partial charge in [0.1, 0.15) is 6.04 Å². The van der Waals surface area contributed by atoms with Gasteiger partial charge in [0.05, 0.1) is 0 Å². The summed E-state index contributed by atoms with van der Waals surface area (Å²) in [4.78, 5) is 29.3. The Hall–Kier alpha value is -3.05. The summed E-state index contributed by atoms with van der Waals surface area (Å²) in [6.45, 7) is 0.429. The Kier molecular flexibility index (Phi) is 10.7. The van der Waals surface area contributed by atoms with Gasteiger partial charge in [0, 0.05) is 36.9 Å². The molecule has 0 radical (unpaired) electrons. The van der Waals surface area contributed by atoms with Crippen LogP contribution in [0.2, 0.25) is 0 Å². The summed E-state index contributed by atoms with van der Waals surface area (Å²) in [6.07, 6.45) is 6.50. The van der Waals surface area contributed by atoms with E-state index in [1.807, 2.05) is 83.8 Å². The van der Waals surface area contributed by atoms with E-state index < -0.39 is 6.04 Å². The van der Waals surface area contributed by atoms with E-state index in [1.165, 1.54) is 12.0 Å². The lowest BCUT2D eigenvalue weighted by molar-refractivity contribution is -0.141. The highest BCUT2D eigenvalue weighted by Gasteiger charge is 2.31. The molecule has 1 saturated carbocycles. The highest BCUT2D eigenvalue weighted by Crippen LogP contribution is 2.21. The molecule has 3 aromatic carbocycles. The molecule has 1 atom stereocenters. The largest absolute Gasteiger partial charge is 0.352 e. The van der Waals surface area contributed by atoms with Crippen LogP contribution in [0.3, 0.4) is 0 Å². The summed E-state index contributed by atoms with van der Waals surface area (Å²) in [5.41, 5.74) is 3.36. The number of hydrogen-bond donors (Lipinski definition) is 1. The van der Waals surface area contributed by atoms with Crippen LogP contribution in [0.5, 0.6) is 0 Å². The lowest BCUT2D eigenvalue weighted by Gasteiger charge is -2.33. The Labute approximate surface area is 225 Å². The van der Waals surface area contributed by atoms with Crippen molar-refractivity contribution in [2.24, 2.45) is 0 Å². The van der Waals surface area contributed by atoms with Crippen molar-refractivity contribution in [3.8, 4) is 0 Å². The van der Waals surface area contributed by atoms with Crippen molar-refractivity contribution < 1.29 is 9.59 Å². The molecule has 1 aliphatic rings. The number of hydrogen-bond acceptors (Lipinski definition) is 3. The third-order valence-electron chi connectivity index (χ3n) is 6.99. The minimum absolute atomic E-state index is 0.0306. The van der Waals surface area contributed by atoms with E-state index in [4.69, 9.17) is 0 Å². The molecule has 0 unspecified atom stereocenters. The molecule has 0 aromatic heterocycles. The third-order valence-corrected chi connectivity index (χ3v) is 8.02. The van der Waals surface area contributed by atoms with Gasteiger partial charge in [0.2, 0.25) is 11.8 Å². The molecule has 37 heavy (non-hydrogen) atoms. The number of carbonyl (C=O) groups excluding carboxylic acids is 2. The maximum atomic E-state index is 13.8. The van der Waals surface area contributed by atoms with Crippen LogP contribution in [0.15, 0.2) is 91.0 Å². The van der Waals surface area contributed by atoms with Gasteiger partial charge in [-0.05, 0) is 29.5 Å². The molecule has 5 heteroatoms. The first-order valence-electron chi connectivity index (χ1n) is 13.5. The number of rotatable bonds is 12. The zero-order valence-electron chi connectivity index (χ0n) is 21.6. The molecule has 0 saturated heterocycles. The van der Waals surface area contributed by atoms with Gasteiger partial charge in [-0.3, -0.25) is 9.59 Å². The Balaban J connectivity index is 1.50. The molecule has 0 bridgehead atoms. The Morgan fingerprint density at radius 1 is 0.784 bits per heavy atom. The van der Waals surface area contributed by atoms with Gasteiger partial charge in [0.15, 0.2) is 0 Å². The van der Waals surface area contributed by atoms with E-state index in [9.17, 15) is 9.59 Å². The lowest BCUT2D eigenvalue weighted by atomic mass is 9.94. The van der Waals surface area contributed by atoms with Gasteiger partial charge in [-0.2, -0.15) is 11.8 Å². The molecule has 0 heterocycles. The van der Waals surface area contributed by atoms with Crippen LogP contribution in [0, 0.1) is 0 Å². The number of nitrogens with one attached hydrogen (secondary N) is 1. The van der Waals surface area contributed by atoms with E-state index in [0.29, 0.717) is 19.4 Å². The smallest absolute Gasteiger partial charge is 0.243 e. The first-order chi connectivity index (χ1) is 18.2. The van der Waals surface area contributed by atoms with Crippen LogP contribution in [0.4, 0.5) is 0 Å². The third kappa shape index (κ3) is 8.78. The number of carbonyl (C=O) groups is 2. The Morgan fingerprint density at radius 2 is 1.35 bits per heavy atom. The fraction of sp³-hybridized carbons (Fsp3) is 0.375. The van der Waals surface area contributed by atoms with Crippen molar-refractivity contribution in [1.29, 1.82) is 0 Å². The van der Waals surface area contributed by atoms with Gasteiger partial charge in [-0.15, -0.1) is 0 Å². The van der Waals surface area contributed by atoms with Gasteiger partial charge in [-0.1, -0.05) is 110 Å². The second kappa shape index (κ2) is 14.6. The van der Waals surface area contributed by atoms with E-state index in [0.717, 1.165) is 48.3 Å². The molecule has 194 valence electrons. The summed E-state index contributed by atoms with van der Waals surface area (Å²) in [7, 11) is 0. The first kappa shape index (κ1) is 27.0. The quantitative estimate of drug-likeness (QED) is 0.285. The van der Waals surface area contributed by atoms with Gasteiger partial charge >= 0.3 is 0 Å². The van der Waals surface area contributed by atoms with E-state index >= 15 is 0 Å². The fourth-order valence-corrected chi connectivity index (χ4v) is 5.84. The molecule has 0 aliphatic heterocycles. The Bertz CT molecular complexity index is 1090. The summed E-state index contributed by atoms with van der Waals surface area (Å²) in [5.74, 6) is 1.60. The Morgan fingerprint density at radius 3 is 1.97 bits per heavy atom. The van der Waals surface area contributed by atoms with Crippen LogP contribution >= 0.6 is 11.8 Å². The van der Waals surface area contributed by atoms with E-state index in [-0.39, 0.29) is 17.9 Å². The van der Waals surface area contributed by atoms with Crippen molar-refractivity contribution in [1.82, 2.24) is 10.2 Å². The van der Waals surface area contributed by atoms with Gasteiger partial charge in [-0.25, -0.2) is 0 Å². The number of amides is 2. The fourth-order valence-electron chi connectivity index (χ4n) is 4.95. The molecule has 1 aliphatic carbocycles. The highest BCUT2D eigenvalue weighted by atomic mass is 32.2. The van der Waals surface area contributed by atoms with E-state index in [1.54, 1.807) is 11.8 Å². The molecular formula is C32H38N2O2S. The average Bonchev–Trinajstić information content (AvgIpc) is 2.95. The first-order valence-corrected chi connectivity index (χ1v) is 14.6. The lowest BCUT2D eigenvalue weighted by Crippen LogP contribution is -2.52. The number of benzene rings is 3. The molecule has 1 N–H and O–H groups in total. The molecule has 2 amide bonds. The summed E-state index contributed by atoms with van der Waals surface area (Å²) in [6, 6.07) is 30.1. The summed E-state index contributed by atoms with van der Waals surface area (Å²) >= 11 is 1.76. The van der Waals surface area contributed by atoms with Crippen LogP contribution < -0.4 is 5.32 Å². The molecule has 3 aromatic rings. The zero-order chi connectivity index (χ0) is 25.7. The van der Waals surface area contributed by atoms with Crippen molar-refractivity contribution in [2.75, 3.05) is 5.75 Å². The van der Waals surface area contributed by atoms with Crippen molar-refractivity contribution >= 4 is 23.6 Å². The SMILES string of the molecule is O=C(NC1CCCCC1)[C@@H](Cc1ccccc1)N(Cc1ccccc1)C(=O)CCSCc1ccccc1. The minimum Gasteiger partial charge on any atom is -0.352 e. The second-order valence-corrected chi connectivity index (χ2v) is 10.9. The van der Waals surface area contributed by atoms with E-state index in [2.05, 4.69) is 17.4 Å². The van der Waals surface area contributed by atoms with Crippen LogP contribution in [-0.4, -0.2) is 34.6 Å². The van der Waals surface area contributed by atoms with Crippen LogP contribution in [-0.2, 0) is 28.3 Å². The van der Waals surface area contributed by atoms with Crippen LogP contribution in [0.1, 0.15) is 55.2 Å². The van der Waals surface area contributed by atoms with Crippen molar-refractivity contribution in [2.45, 2.75) is 69.3 Å². The molecule has 0 spiro atoms. The molecule has 4 rings (SSSR count). The monoisotopic (exact) mass is 514 g/mol. The van der Waals surface area contributed by atoms with Crippen molar-refractivity contribution in [3.63, 3.8) is 0 Å². The average molecular weight is 515 g/mol. The minimum atomic E-state index is -0.545. The standard InChI is InChI=1S/C32H38N2O2S/c35-31(21-22-37-25-28-17-9-3-10-18-28)34(24-27-15-7-2-8-16-27)30(23-26-13-5-1-6-14-26)32(36)33-29-19-11-4-12-20-29/h1-3,5-10,13-18,29-30H,4,11-12,19-25H2,(H,33,36)/t30-/m1/s1. The number of thioether (sulfide) groups is 1. The molecule has 1 fully saturated rings. The predicted octanol–water partition coefficient (Wildman–Crippen LogP) is 6.40. The normalized spacial score (nSPS) is 14.6. The molecule has 4 nitrogen and oxygen atoms in total. The van der Waals surface area contributed by atoms with Gasteiger partial charge in [0.25, 0.3) is 0 Å². The van der Waals surface area contributed by atoms with Gasteiger partial charge < -0.3 is 10.2 Å². The predicted molar refractivity (Wildman–Crippen MR) is 153 cm³/mol. The second-order valence-electron chi connectivity index (χ2n) is 9.84. The topological polar surface area (TPSA) is 49.4 Å². The number of nitrogens with zero attached hydrogens (tertiary/aromatic N) is 1.